The zero-order chi connectivity index (χ0) is 28.2. The Bertz CT molecular complexity index is 1650. The quantitative estimate of drug-likeness (QED) is 0.355. The molecule has 2 saturated heterocycles. The van der Waals surface area contributed by atoms with Crippen LogP contribution in [0, 0.1) is 5.82 Å². The summed E-state index contributed by atoms with van der Waals surface area (Å²) in [4.78, 5) is 39.7. The third-order valence-corrected chi connectivity index (χ3v) is 7.51. The van der Waals surface area contributed by atoms with E-state index in [4.69, 9.17) is 10.7 Å². The van der Waals surface area contributed by atoms with Gasteiger partial charge in [-0.2, -0.15) is 13.2 Å². The number of rotatable bonds is 4. The molecule has 0 spiro atoms. The van der Waals surface area contributed by atoms with Crippen molar-refractivity contribution >= 4 is 29.0 Å². The molecule has 5 heterocycles. The summed E-state index contributed by atoms with van der Waals surface area (Å²) in [6.45, 7) is 0.529. The minimum atomic E-state index is -4.62. The number of amides is 2. The molecule has 3 aromatic heterocycles. The first-order valence-electron chi connectivity index (χ1n) is 12.7. The van der Waals surface area contributed by atoms with E-state index in [1.54, 1.807) is 16.8 Å². The van der Waals surface area contributed by atoms with E-state index in [9.17, 15) is 22.8 Å². The van der Waals surface area contributed by atoms with E-state index < -0.39 is 23.5 Å². The molecule has 0 aliphatic carbocycles. The highest BCUT2D eigenvalue weighted by molar-refractivity contribution is 6.04. The van der Waals surface area contributed by atoms with Gasteiger partial charge in [-0.1, -0.05) is 6.07 Å². The van der Waals surface area contributed by atoms with E-state index in [0.29, 0.717) is 41.6 Å². The van der Waals surface area contributed by atoms with E-state index in [1.807, 2.05) is 4.90 Å². The first kappa shape index (κ1) is 25.7. The highest BCUT2D eigenvalue weighted by atomic mass is 19.4. The average molecular weight is 554 g/mol. The van der Waals surface area contributed by atoms with Crippen molar-refractivity contribution in [3.8, 4) is 11.3 Å². The lowest BCUT2D eigenvalue weighted by atomic mass is 9.92. The van der Waals surface area contributed by atoms with Crippen LogP contribution in [0.4, 0.5) is 29.2 Å². The minimum absolute atomic E-state index is 0.0591. The van der Waals surface area contributed by atoms with E-state index in [0.717, 1.165) is 37.6 Å². The zero-order valence-electron chi connectivity index (χ0n) is 21.0. The van der Waals surface area contributed by atoms with E-state index in [2.05, 4.69) is 15.3 Å². The lowest BCUT2D eigenvalue weighted by Crippen LogP contribution is -2.41. The standard InChI is InChI=1S/C27H23F4N7O2/c28-19-11-14(2-5-18(19)26(40)35-20-12-16(7-8-33-20)27(29,30)31)22-23-24(32)34-9-10-37(23)25(36-22)15-1-3-17-4-6-21(39)38(17)13-15/h2,5,7-12,15,17H,1,3-4,6,13H2,(H2,32,34)(H,33,35,40)/t15-,17+/m1/s1. The number of nitrogen functional groups attached to an aromatic ring is 1. The highest BCUT2D eigenvalue weighted by Gasteiger charge is 2.38. The predicted octanol–water partition coefficient (Wildman–Crippen LogP) is 4.65. The maximum absolute atomic E-state index is 15.2. The molecule has 206 valence electrons. The summed E-state index contributed by atoms with van der Waals surface area (Å²) in [5.41, 5.74) is 5.99. The number of anilines is 2. The van der Waals surface area contributed by atoms with Crippen LogP contribution >= 0.6 is 0 Å². The van der Waals surface area contributed by atoms with Gasteiger partial charge in [0.15, 0.2) is 0 Å². The summed E-state index contributed by atoms with van der Waals surface area (Å²) in [6.07, 6.45) is 2.64. The van der Waals surface area contributed by atoms with E-state index in [1.165, 1.54) is 12.1 Å². The fraction of sp³-hybridized carbons (Fsp3) is 0.296. The lowest BCUT2D eigenvalue weighted by Gasteiger charge is -2.34. The van der Waals surface area contributed by atoms with Gasteiger partial charge < -0.3 is 16.0 Å². The zero-order valence-corrected chi connectivity index (χ0v) is 21.0. The van der Waals surface area contributed by atoms with Gasteiger partial charge in [-0.05, 0) is 43.5 Å². The second-order valence-corrected chi connectivity index (χ2v) is 9.94. The van der Waals surface area contributed by atoms with Gasteiger partial charge in [0.2, 0.25) is 5.91 Å². The molecule has 9 nitrogen and oxygen atoms in total. The number of fused-ring (bicyclic) bond motifs is 2. The molecular formula is C27H23F4N7O2. The first-order chi connectivity index (χ1) is 19.1. The molecule has 0 bridgehead atoms. The van der Waals surface area contributed by atoms with Crippen LogP contribution in [-0.2, 0) is 11.0 Å². The van der Waals surface area contributed by atoms with Gasteiger partial charge in [0.05, 0.1) is 11.1 Å². The van der Waals surface area contributed by atoms with Gasteiger partial charge in [-0.3, -0.25) is 14.0 Å². The fourth-order valence-electron chi connectivity index (χ4n) is 5.56. The molecule has 2 aliphatic rings. The molecule has 0 radical (unpaired) electrons. The van der Waals surface area contributed by atoms with Crippen LogP contribution < -0.4 is 11.1 Å². The number of nitrogens with zero attached hydrogens (tertiary/aromatic N) is 5. The van der Waals surface area contributed by atoms with Crippen molar-refractivity contribution in [3.63, 3.8) is 0 Å². The number of pyridine rings is 1. The number of benzene rings is 1. The van der Waals surface area contributed by atoms with Gasteiger partial charge in [0.25, 0.3) is 5.91 Å². The molecule has 2 amide bonds. The molecule has 13 heteroatoms. The van der Waals surface area contributed by atoms with Crippen molar-refractivity contribution in [2.45, 2.75) is 43.8 Å². The highest BCUT2D eigenvalue weighted by Crippen LogP contribution is 2.38. The molecule has 2 aliphatic heterocycles. The predicted molar refractivity (Wildman–Crippen MR) is 137 cm³/mol. The van der Waals surface area contributed by atoms with Gasteiger partial charge in [0, 0.05) is 49.1 Å². The number of halogens is 4. The minimum Gasteiger partial charge on any atom is -0.382 e. The smallest absolute Gasteiger partial charge is 0.382 e. The second-order valence-electron chi connectivity index (χ2n) is 9.94. The Balaban J connectivity index is 1.31. The van der Waals surface area contributed by atoms with Gasteiger partial charge >= 0.3 is 6.18 Å². The summed E-state index contributed by atoms with van der Waals surface area (Å²) in [7, 11) is 0. The lowest BCUT2D eigenvalue weighted by molar-refractivity contribution is -0.137. The Morgan fingerprint density at radius 3 is 2.67 bits per heavy atom. The largest absolute Gasteiger partial charge is 0.416 e. The van der Waals surface area contributed by atoms with Crippen molar-refractivity contribution in [1.29, 1.82) is 0 Å². The number of aromatic nitrogens is 4. The molecule has 0 saturated carbocycles. The summed E-state index contributed by atoms with van der Waals surface area (Å²) in [5, 5.41) is 2.21. The number of alkyl halides is 3. The molecule has 2 atom stereocenters. The van der Waals surface area contributed by atoms with Crippen LogP contribution in [0.2, 0.25) is 0 Å². The number of imidazole rings is 1. The van der Waals surface area contributed by atoms with Crippen LogP contribution in [0.5, 0.6) is 0 Å². The van der Waals surface area contributed by atoms with Crippen molar-refractivity contribution in [1.82, 2.24) is 24.3 Å². The SMILES string of the molecule is Nc1nccn2c([C@@H]3CC[C@H]4CCC(=O)N4C3)nc(-c3ccc(C(=O)Nc4cc(C(F)(F)F)ccn4)c(F)c3)c12. The van der Waals surface area contributed by atoms with Crippen molar-refractivity contribution in [3.05, 3.63) is 71.7 Å². The molecular weight excluding hydrogens is 530 g/mol. The third-order valence-electron chi connectivity index (χ3n) is 7.51. The van der Waals surface area contributed by atoms with Crippen LogP contribution in [0.15, 0.2) is 48.9 Å². The molecule has 0 unspecified atom stereocenters. The molecule has 40 heavy (non-hydrogen) atoms. The average Bonchev–Trinajstić information content (AvgIpc) is 3.49. The van der Waals surface area contributed by atoms with Crippen LogP contribution in [0.25, 0.3) is 16.8 Å². The Labute approximate surface area is 225 Å². The topological polar surface area (TPSA) is 119 Å². The maximum Gasteiger partial charge on any atom is 0.416 e. The van der Waals surface area contributed by atoms with Gasteiger partial charge in [-0.15, -0.1) is 0 Å². The van der Waals surface area contributed by atoms with Crippen LogP contribution in [-0.4, -0.2) is 48.7 Å². The number of hydrogen-bond donors (Lipinski definition) is 2. The van der Waals surface area contributed by atoms with E-state index >= 15 is 4.39 Å². The molecule has 3 N–H and O–H groups in total. The normalized spacial score (nSPS) is 19.2. The van der Waals surface area contributed by atoms with Crippen molar-refractivity contribution < 1.29 is 27.2 Å². The molecule has 6 rings (SSSR count). The summed E-state index contributed by atoms with van der Waals surface area (Å²) < 4.78 is 56.0. The van der Waals surface area contributed by atoms with E-state index in [-0.39, 0.29) is 35.1 Å². The fourth-order valence-corrected chi connectivity index (χ4v) is 5.56. The number of carbonyl (C=O) groups is 2. The summed E-state index contributed by atoms with van der Waals surface area (Å²) in [6, 6.07) is 5.51. The van der Waals surface area contributed by atoms with Gasteiger partial charge in [-0.25, -0.2) is 19.3 Å². The molecule has 1 aromatic carbocycles. The van der Waals surface area contributed by atoms with Gasteiger partial charge in [0.1, 0.15) is 34.5 Å². The van der Waals surface area contributed by atoms with Crippen LogP contribution in [0.3, 0.4) is 0 Å². The second kappa shape index (κ2) is 9.57. The Hall–Kier alpha value is -4.55. The summed E-state index contributed by atoms with van der Waals surface area (Å²) >= 11 is 0. The molecule has 2 fully saturated rings. The van der Waals surface area contributed by atoms with Crippen LogP contribution in [0.1, 0.15) is 53.3 Å². The maximum atomic E-state index is 15.2. The third kappa shape index (κ3) is 4.50. The Kier molecular flexibility index (Phi) is 6.15. The number of hydrogen-bond acceptors (Lipinski definition) is 6. The van der Waals surface area contributed by atoms with Crippen molar-refractivity contribution in [2.75, 3.05) is 17.6 Å². The number of piperidine rings is 1. The Morgan fingerprint density at radius 1 is 1.07 bits per heavy atom. The summed E-state index contributed by atoms with van der Waals surface area (Å²) in [5.74, 6) is -1.30. The number of nitrogens with one attached hydrogen (secondary N) is 1. The first-order valence-corrected chi connectivity index (χ1v) is 12.7. The molecule has 4 aromatic rings. The Morgan fingerprint density at radius 2 is 1.90 bits per heavy atom. The number of nitrogens with two attached hydrogens (primary N) is 1. The monoisotopic (exact) mass is 553 g/mol. The number of carbonyl (C=O) groups excluding carboxylic acids is 2. The van der Waals surface area contributed by atoms with Crippen molar-refractivity contribution in [2.24, 2.45) is 0 Å².